The van der Waals surface area contributed by atoms with Crippen LogP contribution in [-0.4, -0.2) is 16.5 Å². The molecule has 0 aliphatic carbocycles. The van der Waals surface area contributed by atoms with Crippen molar-refractivity contribution < 1.29 is 0 Å². The second-order valence-electron chi connectivity index (χ2n) is 5.13. The number of anilines is 1. The molecule has 0 radical (unpaired) electrons. The van der Waals surface area contributed by atoms with Crippen LogP contribution in [0.25, 0.3) is 10.1 Å². The first kappa shape index (κ1) is 12.1. The highest BCUT2D eigenvalue weighted by molar-refractivity contribution is 8.14. The molecule has 2 heterocycles. The first-order valence-corrected chi connectivity index (χ1v) is 7.96. The molecule has 0 saturated carbocycles. The molecule has 1 N–H and O–H groups in total. The van der Waals surface area contributed by atoms with Crippen LogP contribution in [0.5, 0.6) is 0 Å². The van der Waals surface area contributed by atoms with E-state index in [0.717, 1.165) is 23.0 Å². The highest BCUT2D eigenvalue weighted by atomic mass is 32.2. The highest BCUT2D eigenvalue weighted by Crippen LogP contribution is 2.28. The Kier molecular flexibility index (Phi) is 3.08. The SMILES string of the molecule is CC1(C)CCSC(Nc2ccc3sccc3c2)=N1. The number of thioether (sulfide) groups is 1. The van der Waals surface area contributed by atoms with Crippen molar-refractivity contribution in [2.75, 3.05) is 11.1 Å². The molecular formula is C14H16N2S2. The van der Waals surface area contributed by atoms with E-state index < -0.39 is 0 Å². The molecule has 1 aromatic heterocycles. The third-order valence-electron chi connectivity index (χ3n) is 3.06. The van der Waals surface area contributed by atoms with E-state index in [0.29, 0.717) is 0 Å². The Labute approximate surface area is 116 Å². The van der Waals surface area contributed by atoms with Gasteiger partial charge in [-0.05, 0) is 55.3 Å². The van der Waals surface area contributed by atoms with Gasteiger partial charge >= 0.3 is 0 Å². The van der Waals surface area contributed by atoms with E-state index in [4.69, 9.17) is 4.99 Å². The fourth-order valence-corrected chi connectivity index (χ4v) is 4.06. The zero-order chi connectivity index (χ0) is 12.6. The first-order chi connectivity index (χ1) is 8.62. The highest BCUT2D eigenvalue weighted by Gasteiger charge is 2.22. The van der Waals surface area contributed by atoms with Crippen molar-refractivity contribution in [2.24, 2.45) is 4.99 Å². The Morgan fingerprint density at radius 3 is 3.00 bits per heavy atom. The maximum absolute atomic E-state index is 4.75. The number of nitrogens with one attached hydrogen (secondary N) is 1. The van der Waals surface area contributed by atoms with Gasteiger partial charge in [0, 0.05) is 16.1 Å². The molecular weight excluding hydrogens is 260 g/mol. The quantitative estimate of drug-likeness (QED) is 0.824. The summed E-state index contributed by atoms with van der Waals surface area (Å²) in [7, 11) is 0. The van der Waals surface area contributed by atoms with Crippen molar-refractivity contribution in [2.45, 2.75) is 25.8 Å². The molecule has 0 amide bonds. The van der Waals surface area contributed by atoms with Crippen molar-refractivity contribution in [3.63, 3.8) is 0 Å². The number of thiophene rings is 1. The molecule has 4 heteroatoms. The van der Waals surface area contributed by atoms with Crippen molar-refractivity contribution in [1.82, 2.24) is 0 Å². The van der Waals surface area contributed by atoms with Crippen molar-refractivity contribution >= 4 is 44.0 Å². The number of fused-ring (bicyclic) bond motifs is 1. The van der Waals surface area contributed by atoms with Crippen LogP contribution in [0.15, 0.2) is 34.6 Å². The van der Waals surface area contributed by atoms with Crippen LogP contribution in [0.4, 0.5) is 5.69 Å². The predicted octanol–water partition coefficient (Wildman–Crippen LogP) is 4.58. The normalized spacial score (nSPS) is 18.7. The van der Waals surface area contributed by atoms with Crippen LogP contribution in [0.3, 0.4) is 0 Å². The van der Waals surface area contributed by atoms with Gasteiger partial charge in [-0.15, -0.1) is 11.3 Å². The molecule has 0 fully saturated rings. The molecule has 2 nitrogen and oxygen atoms in total. The van der Waals surface area contributed by atoms with Crippen molar-refractivity contribution in [1.29, 1.82) is 0 Å². The summed E-state index contributed by atoms with van der Waals surface area (Å²) in [5.74, 6) is 1.14. The smallest absolute Gasteiger partial charge is 0.161 e. The van der Waals surface area contributed by atoms with Gasteiger partial charge < -0.3 is 5.32 Å². The number of benzene rings is 1. The molecule has 0 spiro atoms. The lowest BCUT2D eigenvalue weighted by molar-refractivity contribution is 0.507. The molecule has 2 aromatic rings. The molecule has 1 aliphatic heterocycles. The lowest BCUT2D eigenvalue weighted by atomic mass is 10.0. The third-order valence-corrected chi connectivity index (χ3v) is 4.83. The van der Waals surface area contributed by atoms with Gasteiger partial charge in [-0.2, -0.15) is 0 Å². The third kappa shape index (κ3) is 2.54. The monoisotopic (exact) mass is 276 g/mol. The predicted molar refractivity (Wildman–Crippen MR) is 84.0 cm³/mol. The van der Waals surface area contributed by atoms with Crippen LogP contribution in [0.2, 0.25) is 0 Å². The number of aliphatic imine (C=N–C) groups is 1. The minimum Gasteiger partial charge on any atom is -0.335 e. The first-order valence-electron chi connectivity index (χ1n) is 6.09. The lowest BCUT2D eigenvalue weighted by Crippen LogP contribution is -2.27. The zero-order valence-corrected chi connectivity index (χ0v) is 12.2. The summed E-state index contributed by atoms with van der Waals surface area (Å²) in [5, 5.41) is 7.90. The van der Waals surface area contributed by atoms with E-state index >= 15 is 0 Å². The lowest BCUT2D eigenvalue weighted by Gasteiger charge is -2.26. The van der Waals surface area contributed by atoms with Crippen LogP contribution in [0.1, 0.15) is 20.3 Å². The number of hydrogen-bond acceptors (Lipinski definition) is 4. The molecule has 0 bridgehead atoms. The van der Waals surface area contributed by atoms with Gasteiger partial charge in [-0.25, -0.2) is 0 Å². The second-order valence-corrected chi connectivity index (χ2v) is 7.16. The summed E-state index contributed by atoms with van der Waals surface area (Å²) in [6.45, 7) is 4.38. The summed E-state index contributed by atoms with van der Waals surface area (Å²) in [6.07, 6.45) is 1.15. The fourth-order valence-electron chi connectivity index (χ4n) is 1.99. The molecule has 3 rings (SSSR count). The van der Waals surface area contributed by atoms with Crippen molar-refractivity contribution in [3.05, 3.63) is 29.6 Å². The number of amidine groups is 1. The van der Waals surface area contributed by atoms with E-state index in [1.54, 1.807) is 11.3 Å². The fraction of sp³-hybridized carbons (Fsp3) is 0.357. The molecule has 0 unspecified atom stereocenters. The Balaban J connectivity index is 1.85. The Morgan fingerprint density at radius 1 is 1.28 bits per heavy atom. The minimum atomic E-state index is 0.0695. The Morgan fingerprint density at radius 2 is 2.17 bits per heavy atom. The van der Waals surface area contributed by atoms with Gasteiger partial charge in [-0.3, -0.25) is 4.99 Å². The molecule has 0 saturated heterocycles. The summed E-state index contributed by atoms with van der Waals surface area (Å²) < 4.78 is 1.33. The van der Waals surface area contributed by atoms with E-state index in [9.17, 15) is 0 Å². The molecule has 18 heavy (non-hydrogen) atoms. The molecule has 1 aliphatic rings. The second kappa shape index (κ2) is 4.59. The van der Waals surface area contributed by atoms with Crippen molar-refractivity contribution in [3.8, 4) is 0 Å². The minimum absolute atomic E-state index is 0.0695. The Bertz CT molecular complexity index is 599. The maximum Gasteiger partial charge on any atom is 0.161 e. The van der Waals surface area contributed by atoms with Gasteiger partial charge in [0.1, 0.15) is 0 Å². The van der Waals surface area contributed by atoms with E-state index in [1.807, 2.05) is 11.8 Å². The van der Waals surface area contributed by atoms with Crippen LogP contribution in [0, 0.1) is 0 Å². The molecule has 94 valence electrons. The van der Waals surface area contributed by atoms with Crippen LogP contribution < -0.4 is 5.32 Å². The van der Waals surface area contributed by atoms with Crippen LogP contribution >= 0.6 is 23.1 Å². The standard InChI is InChI=1S/C14H16N2S2/c1-14(2)6-8-18-13(16-14)15-11-3-4-12-10(9-11)5-7-17-12/h3-5,7,9H,6,8H2,1-2H3,(H,15,16). The van der Waals surface area contributed by atoms with E-state index in [-0.39, 0.29) is 5.54 Å². The van der Waals surface area contributed by atoms with Gasteiger partial charge in [0.15, 0.2) is 5.17 Å². The zero-order valence-electron chi connectivity index (χ0n) is 10.6. The van der Waals surface area contributed by atoms with Gasteiger partial charge in [0.2, 0.25) is 0 Å². The van der Waals surface area contributed by atoms with Gasteiger partial charge in [-0.1, -0.05) is 11.8 Å². The average Bonchev–Trinajstić information content (AvgIpc) is 2.74. The largest absolute Gasteiger partial charge is 0.335 e. The topological polar surface area (TPSA) is 24.4 Å². The summed E-state index contributed by atoms with van der Waals surface area (Å²) >= 11 is 3.59. The summed E-state index contributed by atoms with van der Waals surface area (Å²) in [5.41, 5.74) is 1.20. The maximum atomic E-state index is 4.75. The van der Waals surface area contributed by atoms with Gasteiger partial charge in [0.25, 0.3) is 0 Å². The van der Waals surface area contributed by atoms with Crippen LogP contribution in [-0.2, 0) is 0 Å². The number of rotatable bonds is 1. The van der Waals surface area contributed by atoms with E-state index in [2.05, 4.69) is 48.8 Å². The van der Waals surface area contributed by atoms with Gasteiger partial charge in [0.05, 0.1) is 5.54 Å². The van der Waals surface area contributed by atoms with E-state index in [1.165, 1.54) is 10.1 Å². The number of hydrogen-bond donors (Lipinski definition) is 1. The average molecular weight is 276 g/mol. The Hall–Kier alpha value is -1.00. The molecule has 1 aromatic carbocycles. The summed E-state index contributed by atoms with van der Waals surface area (Å²) in [6, 6.07) is 8.65. The molecule has 0 atom stereocenters. The summed E-state index contributed by atoms with van der Waals surface area (Å²) in [4.78, 5) is 4.75. The number of nitrogens with zero attached hydrogens (tertiary/aromatic N) is 1.